The van der Waals surface area contributed by atoms with E-state index in [1.54, 1.807) is 6.07 Å². The Morgan fingerprint density at radius 3 is 2.53 bits per heavy atom. The molecule has 0 aliphatic carbocycles. The highest BCUT2D eigenvalue weighted by Gasteiger charge is 2.26. The standard InChI is InChI=1S/C15H19Cl2NO/c1-10-3-4-13(9-14(10)17)15(19)18-7-5-12(6-8-18)11(2)16/h3-4,9,11-12H,5-8H2,1-2H3. The number of hydrogen-bond donors (Lipinski definition) is 0. The number of alkyl halides is 1. The van der Waals surface area contributed by atoms with Crippen LogP contribution in [0.4, 0.5) is 0 Å². The smallest absolute Gasteiger partial charge is 0.253 e. The SMILES string of the molecule is Cc1ccc(C(=O)N2CCC(C(C)Cl)CC2)cc1Cl. The molecule has 0 N–H and O–H groups in total. The molecule has 104 valence electrons. The van der Waals surface area contributed by atoms with Gasteiger partial charge < -0.3 is 4.90 Å². The molecule has 1 unspecified atom stereocenters. The Balaban J connectivity index is 2.03. The van der Waals surface area contributed by atoms with Gasteiger partial charge in [0, 0.05) is 29.1 Å². The van der Waals surface area contributed by atoms with Gasteiger partial charge in [-0.25, -0.2) is 0 Å². The third-order valence-corrected chi connectivity index (χ3v) is 4.66. The molecule has 19 heavy (non-hydrogen) atoms. The van der Waals surface area contributed by atoms with E-state index in [-0.39, 0.29) is 11.3 Å². The fourth-order valence-electron chi connectivity index (χ4n) is 2.47. The lowest BCUT2D eigenvalue weighted by Crippen LogP contribution is -2.40. The van der Waals surface area contributed by atoms with E-state index < -0.39 is 0 Å². The van der Waals surface area contributed by atoms with Crippen molar-refractivity contribution in [2.75, 3.05) is 13.1 Å². The first-order valence-electron chi connectivity index (χ1n) is 6.68. The Hall–Kier alpha value is -0.730. The van der Waals surface area contributed by atoms with Crippen molar-refractivity contribution in [2.45, 2.75) is 32.1 Å². The Morgan fingerprint density at radius 2 is 2.00 bits per heavy atom. The second-order valence-electron chi connectivity index (χ2n) is 5.27. The molecule has 1 saturated heterocycles. The summed E-state index contributed by atoms with van der Waals surface area (Å²) >= 11 is 12.2. The van der Waals surface area contributed by atoms with E-state index in [0.717, 1.165) is 31.5 Å². The molecule has 1 fully saturated rings. The van der Waals surface area contributed by atoms with Crippen molar-refractivity contribution in [3.05, 3.63) is 34.3 Å². The molecular formula is C15H19Cl2NO. The van der Waals surface area contributed by atoms with Gasteiger partial charge in [-0.05, 0) is 50.3 Å². The van der Waals surface area contributed by atoms with E-state index in [1.807, 2.05) is 30.9 Å². The summed E-state index contributed by atoms with van der Waals surface area (Å²) < 4.78 is 0. The zero-order chi connectivity index (χ0) is 14.0. The predicted octanol–water partition coefficient (Wildman–Crippen LogP) is 4.13. The molecule has 1 heterocycles. The maximum Gasteiger partial charge on any atom is 0.253 e. The van der Waals surface area contributed by atoms with Crippen molar-refractivity contribution in [1.29, 1.82) is 0 Å². The molecule has 1 aromatic rings. The average Bonchev–Trinajstić information content (AvgIpc) is 2.41. The first-order chi connectivity index (χ1) is 8.99. The van der Waals surface area contributed by atoms with Crippen molar-refractivity contribution in [1.82, 2.24) is 4.90 Å². The van der Waals surface area contributed by atoms with E-state index in [0.29, 0.717) is 16.5 Å². The summed E-state index contributed by atoms with van der Waals surface area (Å²) in [4.78, 5) is 14.3. The van der Waals surface area contributed by atoms with Crippen LogP contribution in [0.25, 0.3) is 0 Å². The fraction of sp³-hybridized carbons (Fsp3) is 0.533. The van der Waals surface area contributed by atoms with Gasteiger partial charge in [0.1, 0.15) is 0 Å². The van der Waals surface area contributed by atoms with Crippen LogP contribution in [0.15, 0.2) is 18.2 Å². The van der Waals surface area contributed by atoms with Crippen molar-refractivity contribution >= 4 is 29.1 Å². The summed E-state index contributed by atoms with van der Waals surface area (Å²) in [5.41, 5.74) is 1.67. The lowest BCUT2D eigenvalue weighted by Gasteiger charge is -2.33. The lowest BCUT2D eigenvalue weighted by molar-refractivity contribution is 0.0690. The molecule has 0 aromatic heterocycles. The van der Waals surface area contributed by atoms with Crippen molar-refractivity contribution in [3.8, 4) is 0 Å². The third kappa shape index (κ3) is 3.43. The molecular weight excluding hydrogens is 281 g/mol. The van der Waals surface area contributed by atoms with Gasteiger partial charge in [0.2, 0.25) is 0 Å². The molecule has 1 aliphatic heterocycles. The zero-order valence-corrected chi connectivity index (χ0v) is 12.8. The molecule has 2 rings (SSSR count). The van der Waals surface area contributed by atoms with Crippen LogP contribution in [-0.4, -0.2) is 29.3 Å². The summed E-state index contributed by atoms with van der Waals surface area (Å²) in [6.45, 7) is 5.53. The van der Waals surface area contributed by atoms with Crippen LogP contribution >= 0.6 is 23.2 Å². The highest BCUT2D eigenvalue weighted by atomic mass is 35.5. The minimum absolute atomic E-state index is 0.0718. The number of rotatable bonds is 2. The summed E-state index contributed by atoms with van der Waals surface area (Å²) in [6, 6.07) is 5.50. The minimum atomic E-state index is 0.0718. The fourth-order valence-corrected chi connectivity index (χ4v) is 2.90. The molecule has 0 spiro atoms. The van der Waals surface area contributed by atoms with Crippen LogP contribution < -0.4 is 0 Å². The second-order valence-corrected chi connectivity index (χ2v) is 6.37. The number of nitrogens with zero attached hydrogens (tertiary/aromatic N) is 1. The van der Waals surface area contributed by atoms with Gasteiger partial charge in [-0.15, -0.1) is 11.6 Å². The van der Waals surface area contributed by atoms with E-state index in [2.05, 4.69) is 0 Å². The Bertz CT molecular complexity index is 465. The van der Waals surface area contributed by atoms with E-state index in [9.17, 15) is 4.79 Å². The molecule has 1 aliphatic rings. The first kappa shape index (κ1) is 14.7. The molecule has 1 aromatic carbocycles. The Labute approximate surface area is 124 Å². The number of carbonyl (C=O) groups excluding carboxylic acids is 1. The topological polar surface area (TPSA) is 20.3 Å². The van der Waals surface area contributed by atoms with Crippen LogP contribution in [-0.2, 0) is 0 Å². The number of hydrogen-bond acceptors (Lipinski definition) is 1. The van der Waals surface area contributed by atoms with E-state index >= 15 is 0 Å². The molecule has 0 radical (unpaired) electrons. The second kappa shape index (κ2) is 6.15. The van der Waals surface area contributed by atoms with Crippen molar-refractivity contribution < 1.29 is 4.79 Å². The quantitative estimate of drug-likeness (QED) is 0.752. The third-order valence-electron chi connectivity index (χ3n) is 3.90. The van der Waals surface area contributed by atoms with Crippen LogP contribution in [0.1, 0.15) is 35.7 Å². The maximum atomic E-state index is 12.4. The van der Waals surface area contributed by atoms with Gasteiger partial charge in [0.25, 0.3) is 5.91 Å². The average molecular weight is 300 g/mol. The summed E-state index contributed by atoms with van der Waals surface area (Å²) in [7, 11) is 0. The molecule has 4 heteroatoms. The number of likely N-dealkylation sites (tertiary alicyclic amines) is 1. The number of amides is 1. The van der Waals surface area contributed by atoms with E-state index in [4.69, 9.17) is 23.2 Å². The number of carbonyl (C=O) groups is 1. The van der Waals surface area contributed by atoms with Crippen LogP contribution in [0, 0.1) is 12.8 Å². The molecule has 0 saturated carbocycles. The van der Waals surface area contributed by atoms with Crippen LogP contribution in [0.2, 0.25) is 5.02 Å². The molecule has 1 amide bonds. The van der Waals surface area contributed by atoms with Crippen molar-refractivity contribution in [2.24, 2.45) is 5.92 Å². The Kier molecular flexibility index (Phi) is 4.75. The van der Waals surface area contributed by atoms with Crippen LogP contribution in [0.5, 0.6) is 0 Å². The molecule has 0 bridgehead atoms. The largest absolute Gasteiger partial charge is 0.339 e. The number of halogens is 2. The number of aryl methyl sites for hydroxylation is 1. The summed E-state index contributed by atoms with van der Waals surface area (Å²) in [5, 5.41) is 0.834. The van der Waals surface area contributed by atoms with Gasteiger partial charge in [-0.3, -0.25) is 4.79 Å². The molecule has 1 atom stereocenters. The monoisotopic (exact) mass is 299 g/mol. The number of piperidine rings is 1. The maximum absolute atomic E-state index is 12.4. The summed E-state index contributed by atoms with van der Waals surface area (Å²) in [6.07, 6.45) is 1.96. The zero-order valence-electron chi connectivity index (χ0n) is 11.3. The first-order valence-corrected chi connectivity index (χ1v) is 7.50. The molecule has 2 nitrogen and oxygen atoms in total. The van der Waals surface area contributed by atoms with Crippen molar-refractivity contribution in [3.63, 3.8) is 0 Å². The summed E-state index contributed by atoms with van der Waals surface area (Å²) in [5.74, 6) is 0.592. The van der Waals surface area contributed by atoms with E-state index in [1.165, 1.54) is 0 Å². The van der Waals surface area contributed by atoms with Gasteiger partial charge in [-0.1, -0.05) is 17.7 Å². The number of benzene rings is 1. The predicted molar refractivity (Wildman–Crippen MR) is 80.1 cm³/mol. The lowest BCUT2D eigenvalue weighted by atomic mass is 9.93. The van der Waals surface area contributed by atoms with Gasteiger partial charge in [-0.2, -0.15) is 0 Å². The van der Waals surface area contributed by atoms with Crippen LogP contribution in [0.3, 0.4) is 0 Å². The minimum Gasteiger partial charge on any atom is -0.339 e. The van der Waals surface area contributed by atoms with Gasteiger partial charge >= 0.3 is 0 Å². The Morgan fingerprint density at radius 1 is 1.37 bits per heavy atom. The van der Waals surface area contributed by atoms with Gasteiger partial charge in [0.05, 0.1) is 0 Å². The highest BCUT2D eigenvalue weighted by Crippen LogP contribution is 2.25. The highest BCUT2D eigenvalue weighted by molar-refractivity contribution is 6.31. The van der Waals surface area contributed by atoms with Gasteiger partial charge in [0.15, 0.2) is 0 Å². The normalized spacial score (nSPS) is 18.4.